The Kier molecular flexibility index (Phi) is 3.36. The topological polar surface area (TPSA) is 80.0 Å². The van der Waals surface area contributed by atoms with E-state index < -0.39 is 6.04 Å². The lowest BCUT2D eigenvalue weighted by atomic mass is 10.1. The Morgan fingerprint density at radius 2 is 2.46 bits per heavy atom. The van der Waals surface area contributed by atoms with Crippen LogP contribution in [0.25, 0.3) is 0 Å². The molecule has 4 N–H and O–H groups in total. The highest BCUT2D eigenvalue weighted by molar-refractivity contribution is 5.82. The average Bonchev–Trinajstić information content (AvgIpc) is 2.18. The zero-order valence-corrected chi connectivity index (χ0v) is 7.32. The van der Waals surface area contributed by atoms with E-state index in [1.165, 1.54) is 0 Å². The molecule has 5 nitrogen and oxygen atoms in total. The molecular weight excluding hydrogens is 168 g/mol. The molecule has 0 aliphatic rings. The van der Waals surface area contributed by atoms with Gasteiger partial charge in [0.2, 0.25) is 0 Å². The Hall–Kier alpha value is -1.46. The maximum atomic E-state index is 11.2. The van der Waals surface area contributed by atoms with Crippen molar-refractivity contribution in [1.82, 2.24) is 15.8 Å². The molecular formula is C8H12N4O. The van der Waals surface area contributed by atoms with Crippen molar-refractivity contribution < 1.29 is 4.79 Å². The van der Waals surface area contributed by atoms with Crippen molar-refractivity contribution in [2.75, 3.05) is 7.05 Å². The standard InChI is InChI=1S/C8H12N4O/c1-10-12-8(13)7(9)6-3-2-4-11-5-6/h2-5,7,10H,9H2,1H3,(H,12,13). The predicted molar refractivity (Wildman–Crippen MR) is 48.4 cm³/mol. The number of nitrogens with one attached hydrogen (secondary N) is 2. The molecule has 1 amide bonds. The molecule has 1 rings (SSSR count). The second kappa shape index (κ2) is 4.54. The lowest BCUT2D eigenvalue weighted by Crippen LogP contribution is -2.40. The van der Waals surface area contributed by atoms with Gasteiger partial charge in [-0.1, -0.05) is 6.07 Å². The third kappa shape index (κ3) is 2.50. The molecule has 1 aromatic rings. The lowest BCUT2D eigenvalue weighted by Gasteiger charge is -2.10. The minimum Gasteiger partial charge on any atom is -0.316 e. The Labute approximate surface area is 76.3 Å². The molecule has 0 aliphatic carbocycles. The van der Waals surface area contributed by atoms with Crippen molar-refractivity contribution in [2.45, 2.75) is 6.04 Å². The van der Waals surface area contributed by atoms with Crippen molar-refractivity contribution in [3.63, 3.8) is 0 Å². The van der Waals surface area contributed by atoms with E-state index >= 15 is 0 Å². The third-order valence-corrected chi connectivity index (χ3v) is 1.57. The molecule has 0 saturated carbocycles. The molecule has 0 spiro atoms. The maximum absolute atomic E-state index is 11.2. The number of hydrogen-bond acceptors (Lipinski definition) is 4. The summed E-state index contributed by atoms with van der Waals surface area (Å²) < 4.78 is 0. The summed E-state index contributed by atoms with van der Waals surface area (Å²) in [4.78, 5) is 15.1. The van der Waals surface area contributed by atoms with Crippen molar-refractivity contribution in [3.05, 3.63) is 30.1 Å². The van der Waals surface area contributed by atoms with E-state index in [9.17, 15) is 4.79 Å². The molecule has 0 aliphatic heterocycles. The molecule has 1 unspecified atom stereocenters. The van der Waals surface area contributed by atoms with E-state index in [1.807, 2.05) is 0 Å². The van der Waals surface area contributed by atoms with E-state index in [1.54, 1.807) is 31.6 Å². The summed E-state index contributed by atoms with van der Waals surface area (Å²) in [5.74, 6) is -0.282. The first kappa shape index (κ1) is 9.63. The summed E-state index contributed by atoms with van der Waals surface area (Å²) in [6.07, 6.45) is 3.20. The van der Waals surface area contributed by atoms with Crippen LogP contribution in [0.15, 0.2) is 24.5 Å². The van der Waals surface area contributed by atoms with E-state index in [-0.39, 0.29) is 5.91 Å². The Morgan fingerprint density at radius 3 is 3.00 bits per heavy atom. The van der Waals surface area contributed by atoms with Gasteiger partial charge in [0.25, 0.3) is 5.91 Å². The van der Waals surface area contributed by atoms with Gasteiger partial charge in [-0.3, -0.25) is 15.2 Å². The lowest BCUT2D eigenvalue weighted by molar-refractivity contribution is -0.123. The van der Waals surface area contributed by atoms with Gasteiger partial charge in [-0.05, 0) is 11.6 Å². The second-order valence-electron chi connectivity index (χ2n) is 2.50. The largest absolute Gasteiger partial charge is 0.316 e. The molecule has 0 fully saturated rings. The van der Waals surface area contributed by atoms with Gasteiger partial charge in [-0.2, -0.15) is 0 Å². The fraction of sp³-hybridized carbons (Fsp3) is 0.250. The van der Waals surface area contributed by atoms with Crippen LogP contribution >= 0.6 is 0 Å². The van der Waals surface area contributed by atoms with Crippen LogP contribution in [0.5, 0.6) is 0 Å². The summed E-state index contributed by atoms with van der Waals surface area (Å²) in [5.41, 5.74) is 11.2. The Bertz CT molecular complexity index is 275. The van der Waals surface area contributed by atoms with E-state index in [0.29, 0.717) is 5.56 Å². The second-order valence-corrected chi connectivity index (χ2v) is 2.50. The number of aromatic nitrogens is 1. The molecule has 1 aromatic heterocycles. The molecule has 0 bridgehead atoms. The highest BCUT2D eigenvalue weighted by Crippen LogP contribution is 2.06. The number of pyridine rings is 1. The highest BCUT2D eigenvalue weighted by Gasteiger charge is 2.14. The smallest absolute Gasteiger partial charge is 0.255 e. The van der Waals surface area contributed by atoms with Crippen molar-refractivity contribution in [1.29, 1.82) is 0 Å². The van der Waals surface area contributed by atoms with Crippen LogP contribution in [-0.2, 0) is 4.79 Å². The van der Waals surface area contributed by atoms with Crippen molar-refractivity contribution in [3.8, 4) is 0 Å². The van der Waals surface area contributed by atoms with Crippen LogP contribution in [0, 0.1) is 0 Å². The zero-order valence-electron chi connectivity index (χ0n) is 7.32. The Morgan fingerprint density at radius 1 is 1.69 bits per heavy atom. The number of carbonyl (C=O) groups is 1. The number of hydrogen-bond donors (Lipinski definition) is 3. The van der Waals surface area contributed by atoms with E-state index in [2.05, 4.69) is 15.8 Å². The number of hydrazine groups is 1. The molecule has 0 aromatic carbocycles. The SMILES string of the molecule is CNNC(=O)C(N)c1cccnc1. The summed E-state index contributed by atoms with van der Waals surface area (Å²) in [6.45, 7) is 0. The third-order valence-electron chi connectivity index (χ3n) is 1.57. The number of carbonyl (C=O) groups excluding carboxylic acids is 1. The average molecular weight is 180 g/mol. The summed E-state index contributed by atoms with van der Waals surface area (Å²) >= 11 is 0. The highest BCUT2D eigenvalue weighted by atomic mass is 16.2. The molecule has 1 atom stereocenters. The minimum absolute atomic E-state index is 0.282. The minimum atomic E-state index is -0.679. The fourth-order valence-corrected chi connectivity index (χ4v) is 0.912. The quantitative estimate of drug-likeness (QED) is 0.539. The monoisotopic (exact) mass is 180 g/mol. The molecule has 5 heteroatoms. The van der Waals surface area contributed by atoms with Gasteiger partial charge in [0.05, 0.1) is 0 Å². The van der Waals surface area contributed by atoms with Crippen molar-refractivity contribution in [2.24, 2.45) is 5.73 Å². The van der Waals surface area contributed by atoms with Gasteiger partial charge in [0.1, 0.15) is 6.04 Å². The van der Waals surface area contributed by atoms with Crippen LogP contribution in [0.4, 0.5) is 0 Å². The van der Waals surface area contributed by atoms with Gasteiger partial charge < -0.3 is 5.73 Å². The first-order valence-corrected chi connectivity index (χ1v) is 3.88. The number of rotatable bonds is 3. The van der Waals surface area contributed by atoms with Gasteiger partial charge in [0.15, 0.2) is 0 Å². The van der Waals surface area contributed by atoms with Crippen LogP contribution < -0.4 is 16.6 Å². The first-order valence-electron chi connectivity index (χ1n) is 3.88. The molecule has 1 heterocycles. The van der Waals surface area contributed by atoms with Crippen LogP contribution in [-0.4, -0.2) is 17.9 Å². The summed E-state index contributed by atoms with van der Waals surface area (Å²) in [7, 11) is 1.61. The molecule has 70 valence electrons. The van der Waals surface area contributed by atoms with Gasteiger partial charge in [0, 0.05) is 19.4 Å². The normalized spacial score (nSPS) is 12.2. The van der Waals surface area contributed by atoms with Crippen LogP contribution in [0.3, 0.4) is 0 Å². The number of nitrogens with two attached hydrogens (primary N) is 1. The molecule has 0 radical (unpaired) electrons. The fourth-order valence-electron chi connectivity index (χ4n) is 0.912. The molecule has 13 heavy (non-hydrogen) atoms. The van der Waals surface area contributed by atoms with E-state index in [0.717, 1.165) is 0 Å². The van der Waals surface area contributed by atoms with Crippen LogP contribution in [0.1, 0.15) is 11.6 Å². The van der Waals surface area contributed by atoms with Crippen LogP contribution in [0.2, 0.25) is 0 Å². The number of nitrogens with zero attached hydrogens (tertiary/aromatic N) is 1. The Balaban J connectivity index is 2.68. The number of amides is 1. The maximum Gasteiger partial charge on any atom is 0.255 e. The summed E-state index contributed by atoms with van der Waals surface area (Å²) in [6, 6.07) is 2.82. The van der Waals surface area contributed by atoms with Gasteiger partial charge in [-0.15, -0.1) is 0 Å². The van der Waals surface area contributed by atoms with Crippen molar-refractivity contribution >= 4 is 5.91 Å². The van der Waals surface area contributed by atoms with E-state index in [4.69, 9.17) is 5.73 Å². The summed E-state index contributed by atoms with van der Waals surface area (Å²) in [5, 5.41) is 0. The first-order chi connectivity index (χ1) is 6.25. The zero-order chi connectivity index (χ0) is 9.68. The predicted octanol–water partition coefficient (Wildman–Crippen LogP) is -0.668. The molecule has 0 saturated heterocycles. The van der Waals surface area contributed by atoms with Gasteiger partial charge in [-0.25, -0.2) is 5.43 Å². The van der Waals surface area contributed by atoms with Gasteiger partial charge >= 0.3 is 0 Å².